The van der Waals surface area contributed by atoms with E-state index in [0.717, 1.165) is 29.7 Å². The predicted molar refractivity (Wildman–Crippen MR) is 78.6 cm³/mol. The van der Waals surface area contributed by atoms with Crippen molar-refractivity contribution in [2.24, 2.45) is 0 Å². The van der Waals surface area contributed by atoms with Crippen molar-refractivity contribution in [2.75, 3.05) is 7.11 Å². The number of nitrogens with zero attached hydrogens (tertiary/aromatic N) is 2. The smallest absolute Gasteiger partial charge is 0.121 e. The van der Waals surface area contributed by atoms with Gasteiger partial charge in [0.25, 0.3) is 0 Å². The van der Waals surface area contributed by atoms with Crippen LogP contribution >= 0.6 is 0 Å². The molecule has 1 aromatic heterocycles. The highest BCUT2D eigenvalue weighted by atomic mass is 16.5. The SMILES string of the molecule is COc1ccc(C(C#N)CCc2ccncc2)cc1C. The first kappa shape index (κ1) is 14.1. The van der Waals surface area contributed by atoms with E-state index >= 15 is 0 Å². The maximum absolute atomic E-state index is 9.38. The minimum Gasteiger partial charge on any atom is -0.496 e. The van der Waals surface area contributed by atoms with E-state index in [4.69, 9.17) is 4.74 Å². The van der Waals surface area contributed by atoms with Gasteiger partial charge in [0.2, 0.25) is 0 Å². The second-order valence-electron chi connectivity index (χ2n) is 4.80. The number of nitriles is 1. The lowest BCUT2D eigenvalue weighted by Crippen LogP contribution is -2.00. The van der Waals surface area contributed by atoms with E-state index < -0.39 is 0 Å². The summed E-state index contributed by atoms with van der Waals surface area (Å²) in [5.41, 5.74) is 3.33. The zero-order chi connectivity index (χ0) is 14.4. The van der Waals surface area contributed by atoms with Crippen LogP contribution in [-0.4, -0.2) is 12.1 Å². The number of benzene rings is 1. The molecule has 20 heavy (non-hydrogen) atoms. The van der Waals surface area contributed by atoms with E-state index in [0.29, 0.717) is 0 Å². The van der Waals surface area contributed by atoms with Gasteiger partial charge in [0.15, 0.2) is 0 Å². The molecular weight excluding hydrogens is 248 g/mol. The van der Waals surface area contributed by atoms with E-state index in [1.165, 1.54) is 5.56 Å². The maximum Gasteiger partial charge on any atom is 0.121 e. The fourth-order valence-corrected chi connectivity index (χ4v) is 2.28. The maximum atomic E-state index is 9.38. The average molecular weight is 266 g/mol. The lowest BCUT2D eigenvalue weighted by atomic mass is 9.92. The normalized spacial score (nSPS) is 11.7. The van der Waals surface area contributed by atoms with Crippen molar-refractivity contribution in [2.45, 2.75) is 25.7 Å². The van der Waals surface area contributed by atoms with Gasteiger partial charge < -0.3 is 4.74 Å². The number of hydrogen-bond donors (Lipinski definition) is 0. The molecule has 0 amide bonds. The first-order chi connectivity index (χ1) is 9.74. The molecule has 1 unspecified atom stereocenters. The molecule has 0 aliphatic carbocycles. The van der Waals surface area contributed by atoms with Crippen LogP contribution < -0.4 is 4.74 Å². The highest BCUT2D eigenvalue weighted by Gasteiger charge is 2.12. The van der Waals surface area contributed by atoms with Crippen LogP contribution in [0, 0.1) is 18.3 Å². The molecule has 0 N–H and O–H groups in total. The Hall–Kier alpha value is -2.34. The van der Waals surface area contributed by atoms with E-state index in [1.54, 1.807) is 19.5 Å². The molecule has 0 spiro atoms. The van der Waals surface area contributed by atoms with E-state index in [2.05, 4.69) is 11.1 Å². The van der Waals surface area contributed by atoms with Crippen LogP contribution in [0.1, 0.15) is 29.0 Å². The van der Waals surface area contributed by atoms with Crippen LogP contribution in [0.4, 0.5) is 0 Å². The van der Waals surface area contributed by atoms with Crippen molar-refractivity contribution in [3.05, 3.63) is 59.4 Å². The minimum absolute atomic E-state index is 0.0900. The van der Waals surface area contributed by atoms with Gasteiger partial charge in [0, 0.05) is 12.4 Å². The molecule has 1 aromatic carbocycles. The molecule has 0 saturated heterocycles. The van der Waals surface area contributed by atoms with Gasteiger partial charge >= 0.3 is 0 Å². The Labute approximate surface area is 119 Å². The zero-order valence-corrected chi connectivity index (χ0v) is 11.8. The lowest BCUT2D eigenvalue weighted by Gasteiger charge is -2.12. The van der Waals surface area contributed by atoms with Crippen molar-refractivity contribution in [1.82, 2.24) is 4.98 Å². The van der Waals surface area contributed by atoms with Gasteiger partial charge in [-0.05, 0) is 54.7 Å². The summed E-state index contributed by atoms with van der Waals surface area (Å²) in [7, 11) is 1.66. The van der Waals surface area contributed by atoms with Gasteiger partial charge in [-0.25, -0.2) is 0 Å². The number of aromatic nitrogens is 1. The number of methoxy groups -OCH3 is 1. The first-order valence-corrected chi connectivity index (χ1v) is 6.67. The summed E-state index contributed by atoms with van der Waals surface area (Å²) in [5.74, 6) is 0.771. The first-order valence-electron chi connectivity index (χ1n) is 6.67. The lowest BCUT2D eigenvalue weighted by molar-refractivity contribution is 0.411. The Morgan fingerprint density at radius 1 is 1.25 bits per heavy atom. The molecule has 1 heterocycles. The number of aryl methyl sites for hydroxylation is 2. The van der Waals surface area contributed by atoms with Crippen LogP contribution in [0.2, 0.25) is 0 Å². The van der Waals surface area contributed by atoms with Crippen molar-refractivity contribution in [1.29, 1.82) is 5.26 Å². The molecule has 0 saturated carbocycles. The second-order valence-corrected chi connectivity index (χ2v) is 4.80. The second kappa shape index (κ2) is 6.72. The summed E-state index contributed by atoms with van der Waals surface area (Å²) in [6.07, 6.45) is 5.26. The summed E-state index contributed by atoms with van der Waals surface area (Å²) in [5, 5.41) is 9.38. The van der Waals surface area contributed by atoms with Gasteiger partial charge in [0.05, 0.1) is 19.1 Å². The molecule has 1 atom stereocenters. The van der Waals surface area contributed by atoms with E-state index in [-0.39, 0.29) is 5.92 Å². The molecule has 0 aliphatic rings. The summed E-state index contributed by atoms with van der Waals surface area (Å²) in [6, 6.07) is 12.3. The fraction of sp³-hybridized carbons (Fsp3) is 0.294. The van der Waals surface area contributed by atoms with E-state index in [9.17, 15) is 5.26 Å². The summed E-state index contributed by atoms with van der Waals surface area (Å²) in [4.78, 5) is 4.00. The molecule has 0 aliphatic heterocycles. The van der Waals surface area contributed by atoms with Crippen molar-refractivity contribution in [3.8, 4) is 11.8 Å². The Kier molecular flexibility index (Phi) is 4.73. The highest BCUT2D eigenvalue weighted by Crippen LogP contribution is 2.26. The quantitative estimate of drug-likeness (QED) is 0.830. The Morgan fingerprint density at radius 2 is 2.00 bits per heavy atom. The van der Waals surface area contributed by atoms with Crippen molar-refractivity contribution < 1.29 is 4.74 Å². The minimum atomic E-state index is -0.0900. The largest absolute Gasteiger partial charge is 0.496 e. The van der Waals surface area contributed by atoms with Crippen LogP contribution in [0.3, 0.4) is 0 Å². The van der Waals surface area contributed by atoms with Crippen molar-refractivity contribution in [3.63, 3.8) is 0 Å². The highest BCUT2D eigenvalue weighted by molar-refractivity contribution is 5.39. The fourth-order valence-electron chi connectivity index (χ4n) is 2.28. The predicted octanol–water partition coefficient (Wildman–Crippen LogP) is 3.64. The van der Waals surface area contributed by atoms with Gasteiger partial charge in [-0.2, -0.15) is 5.26 Å². The number of hydrogen-bond acceptors (Lipinski definition) is 3. The molecule has 3 heteroatoms. The van der Waals surface area contributed by atoms with E-state index in [1.807, 2.05) is 37.3 Å². The van der Waals surface area contributed by atoms with Gasteiger partial charge in [0.1, 0.15) is 5.75 Å². The molecule has 0 fully saturated rings. The van der Waals surface area contributed by atoms with Crippen LogP contribution in [0.5, 0.6) is 5.75 Å². The third kappa shape index (κ3) is 3.36. The molecule has 2 aromatic rings. The molecule has 0 bridgehead atoms. The van der Waals surface area contributed by atoms with Crippen LogP contribution in [-0.2, 0) is 6.42 Å². The summed E-state index contributed by atoms with van der Waals surface area (Å²) < 4.78 is 5.25. The molecule has 102 valence electrons. The van der Waals surface area contributed by atoms with Crippen molar-refractivity contribution >= 4 is 0 Å². The Bertz CT molecular complexity index is 602. The molecule has 2 rings (SSSR count). The average Bonchev–Trinajstić information content (AvgIpc) is 2.49. The third-order valence-corrected chi connectivity index (χ3v) is 3.45. The summed E-state index contributed by atoms with van der Waals surface area (Å²) in [6.45, 7) is 2.00. The number of rotatable bonds is 5. The van der Waals surface area contributed by atoms with Crippen LogP contribution in [0.15, 0.2) is 42.7 Å². The third-order valence-electron chi connectivity index (χ3n) is 3.45. The van der Waals surface area contributed by atoms with Gasteiger partial charge in [-0.1, -0.05) is 12.1 Å². The Balaban J connectivity index is 2.09. The zero-order valence-electron chi connectivity index (χ0n) is 11.8. The van der Waals surface area contributed by atoms with Gasteiger partial charge in [-0.15, -0.1) is 0 Å². The summed E-state index contributed by atoms with van der Waals surface area (Å²) >= 11 is 0. The topological polar surface area (TPSA) is 45.9 Å². The number of pyridine rings is 1. The number of ether oxygens (including phenoxy) is 1. The van der Waals surface area contributed by atoms with Crippen LogP contribution in [0.25, 0.3) is 0 Å². The molecule has 3 nitrogen and oxygen atoms in total. The molecular formula is C17H18N2O. The molecule has 0 radical (unpaired) electrons. The monoisotopic (exact) mass is 266 g/mol. The Morgan fingerprint density at radius 3 is 2.60 bits per heavy atom. The van der Waals surface area contributed by atoms with Gasteiger partial charge in [-0.3, -0.25) is 4.98 Å². The standard InChI is InChI=1S/C17H18N2O/c1-13-11-15(5-6-17(13)20-2)16(12-18)4-3-14-7-9-19-10-8-14/h5-11,16H,3-4H2,1-2H3.